The van der Waals surface area contributed by atoms with Crippen LogP contribution in [0, 0.1) is 0 Å². The van der Waals surface area contributed by atoms with Gasteiger partial charge in [0.2, 0.25) is 5.89 Å². The molecule has 2 aromatic heterocycles. The molecular formula is C27H26N2O. The number of aryl methyl sites for hydroxylation is 1. The first kappa shape index (κ1) is 18.7. The van der Waals surface area contributed by atoms with E-state index in [1.165, 1.54) is 27.4 Å². The molecule has 2 heterocycles. The molecule has 5 aromatic rings. The van der Waals surface area contributed by atoms with E-state index >= 15 is 0 Å². The van der Waals surface area contributed by atoms with Gasteiger partial charge in [-0.15, -0.1) is 0 Å². The second-order valence-corrected chi connectivity index (χ2v) is 8.86. The molecule has 0 spiro atoms. The number of hydrogen-bond acceptors (Lipinski definition) is 2. The lowest BCUT2D eigenvalue weighted by molar-refractivity contribution is 0.585. The Bertz CT molecular complexity index is 1410. The first-order valence-corrected chi connectivity index (χ1v) is 10.5. The van der Waals surface area contributed by atoms with Crippen molar-refractivity contribution >= 4 is 45.1 Å². The number of fused-ring (bicyclic) bond motifs is 4. The maximum absolute atomic E-state index is 5.93. The molecule has 5 rings (SSSR count). The van der Waals surface area contributed by atoms with E-state index in [0.29, 0.717) is 5.89 Å². The summed E-state index contributed by atoms with van der Waals surface area (Å²) in [5.41, 5.74) is 6.77. The molecule has 0 bridgehead atoms. The Hall–Kier alpha value is -3.33. The Kier molecular flexibility index (Phi) is 4.28. The minimum absolute atomic E-state index is 0.0935. The van der Waals surface area contributed by atoms with Crippen molar-refractivity contribution in [1.29, 1.82) is 0 Å². The second kappa shape index (κ2) is 6.88. The van der Waals surface area contributed by atoms with Crippen LogP contribution in [0.3, 0.4) is 0 Å². The van der Waals surface area contributed by atoms with Gasteiger partial charge in [0.1, 0.15) is 5.52 Å². The SMILES string of the molecule is CCn1c2ccccc2c2cc(C=Cc3nc4cc(C(C)(C)C)ccc4o3)ccc21. The predicted molar refractivity (Wildman–Crippen MR) is 127 cm³/mol. The van der Waals surface area contributed by atoms with Gasteiger partial charge in [0.15, 0.2) is 5.58 Å². The molecule has 150 valence electrons. The summed E-state index contributed by atoms with van der Waals surface area (Å²) in [5, 5.41) is 2.57. The minimum Gasteiger partial charge on any atom is -0.437 e. The van der Waals surface area contributed by atoms with Gasteiger partial charge in [0.05, 0.1) is 0 Å². The van der Waals surface area contributed by atoms with Crippen molar-refractivity contribution in [3.8, 4) is 0 Å². The summed E-state index contributed by atoms with van der Waals surface area (Å²) in [7, 11) is 0. The number of oxazole rings is 1. The third kappa shape index (κ3) is 3.11. The summed E-state index contributed by atoms with van der Waals surface area (Å²) < 4.78 is 8.30. The lowest BCUT2D eigenvalue weighted by Gasteiger charge is -2.18. The molecule has 0 amide bonds. The molecule has 0 saturated carbocycles. The number of aromatic nitrogens is 2. The lowest BCUT2D eigenvalue weighted by Crippen LogP contribution is -2.10. The van der Waals surface area contributed by atoms with Gasteiger partial charge in [-0.1, -0.05) is 51.1 Å². The van der Waals surface area contributed by atoms with E-state index in [2.05, 4.69) is 97.9 Å². The van der Waals surface area contributed by atoms with Crippen LogP contribution in [0.2, 0.25) is 0 Å². The molecule has 0 atom stereocenters. The zero-order valence-corrected chi connectivity index (χ0v) is 17.9. The van der Waals surface area contributed by atoms with E-state index in [1.54, 1.807) is 0 Å². The lowest BCUT2D eigenvalue weighted by atomic mass is 9.87. The number of para-hydroxylation sites is 1. The molecule has 0 aliphatic heterocycles. The van der Waals surface area contributed by atoms with Gasteiger partial charge in [-0.05, 0) is 59.9 Å². The zero-order chi connectivity index (χ0) is 20.9. The zero-order valence-electron chi connectivity index (χ0n) is 17.9. The van der Waals surface area contributed by atoms with Crippen LogP contribution in [0.25, 0.3) is 45.1 Å². The molecule has 0 N–H and O–H groups in total. The summed E-state index contributed by atoms with van der Waals surface area (Å²) in [4.78, 5) is 4.67. The molecule has 3 nitrogen and oxygen atoms in total. The standard InChI is InChI=1S/C27H26N2O/c1-5-29-23-9-7-6-8-20(23)21-16-18(10-13-24(21)29)11-15-26-28-22-17-19(27(2,3)4)12-14-25(22)30-26/h6-17H,5H2,1-4H3. The predicted octanol–water partition coefficient (Wildman–Crippen LogP) is 7.42. The number of nitrogens with zero attached hydrogens (tertiary/aromatic N) is 2. The van der Waals surface area contributed by atoms with E-state index < -0.39 is 0 Å². The summed E-state index contributed by atoms with van der Waals surface area (Å²) in [6.07, 6.45) is 4.03. The van der Waals surface area contributed by atoms with Crippen molar-refractivity contribution in [2.75, 3.05) is 0 Å². The van der Waals surface area contributed by atoms with Crippen LogP contribution in [-0.2, 0) is 12.0 Å². The third-order valence-electron chi connectivity index (χ3n) is 5.80. The van der Waals surface area contributed by atoms with E-state index in [4.69, 9.17) is 4.42 Å². The van der Waals surface area contributed by atoms with E-state index in [0.717, 1.165) is 23.2 Å². The molecule has 0 unspecified atom stereocenters. The highest BCUT2D eigenvalue weighted by Gasteiger charge is 2.15. The maximum Gasteiger partial charge on any atom is 0.220 e. The van der Waals surface area contributed by atoms with Gasteiger partial charge in [-0.3, -0.25) is 0 Å². The molecule has 3 aromatic carbocycles. The molecule has 30 heavy (non-hydrogen) atoms. The maximum atomic E-state index is 5.93. The summed E-state index contributed by atoms with van der Waals surface area (Å²) in [5.74, 6) is 0.632. The number of hydrogen-bond donors (Lipinski definition) is 0. The van der Waals surface area contributed by atoms with Gasteiger partial charge >= 0.3 is 0 Å². The number of benzene rings is 3. The van der Waals surface area contributed by atoms with Crippen molar-refractivity contribution in [2.24, 2.45) is 0 Å². The first-order valence-electron chi connectivity index (χ1n) is 10.5. The van der Waals surface area contributed by atoms with Gasteiger partial charge in [-0.25, -0.2) is 4.98 Å². The molecular weight excluding hydrogens is 368 g/mol. The van der Waals surface area contributed by atoms with Gasteiger partial charge < -0.3 is 8.98 Å². The smallest absolute Gasteiger partial charge is 0.220 e. The Morgan fingerprint density at radius 2 is 1.70 bits per heavy atom. The van der Waals surface area contributed by atoms with Crippen LogP contribution in [0.4, 0.5) is 0 Å². The van der Waals surface area contributed by atoms with Crippen LogP contribution in [0.15, 0.2) is 65.1 Å². The second-order valence-electron chi connectivity index (χ2n) is 8.86. The largest absolute Gasteiger partial charge is 0.437 e. The molecule has 0 aliphatic rings. The van der Waals surface area contributed by atoms with E-state index in [-0.39, 0.29) is 5.41 Å². The Morgan fingerprint density at radius 1 is 0.900 bits per heavy atom. The fourth-order valence-corrected chi connectivity index (χ4v) is 4.17. The minimum atomic E-state index is 0.0935. The Balaban J connectivity index is 1.53. The Labute approximate surface area is 176 Å². The molecule has 0 fully saturated rings. The van der Waals surface area contributed by atoms with E-state index in [9.17, 15) is 0 Å². The summed E-state index contributed by atoms with van der Waals surface area (Å²) >= 11 is 0. The van der Waals surface area contributed by atoms with Crippen molar-refractivity contribution in [3.05, 3.63) is 77.7 Å². The topological polar surface area (TPSA) is 31.0 Å². The number of rotatable bonds is 3. The summed E-state index contributed by atoms with van der Waals surface area (Å²) in [6.45, 7) is 9.78. The highest BCUT2D eigenvalue weighted by molar-refractivity contribution is 6.08. The van der Waals surface area contributed by atoms with Gasteiger partial charge in [0, 0.05) is 34.4 Å². The van der Waals surface area contributed by atoms with Crippen molar-refractivity contribution in [1.82, 2.24) is 9.55 Å². The quantitative estimate of drug-likeness (QED) is 0.319. The first-order chi connectivity index (χ1) is 14.4. The Morgan fingerprint density at radius 3 is 2.50 bits per heavy atom. The third-order valence-corrected chi connectivity index (χ3v) is 5.80. The monoisotopic (exact) mass is 394 g/mol. The molecule has 0 aliphatic carbocycles. The average Bonchev–Trinajstić information content (AvgIpc) is 3.29. The summed E-state index contributed by atoms with van der Waals surface area (Å²) in [6, 6.07) is 21.5. The highest BCUT2D eigenvalue weighted by atomic mass is 16.3. The highest BCUT2D eigenvalue weighted by Crippen LogP contribution is 2.30. The van der Waals surface area contributed by atoms with Crippen molar-refractivity contribution < 1.29 is 4.42 Å². The fraction of sp³-hybridized carbons (Fsp3) is 0.222. The molecule has 0 radical (unpaired) electrons. The van der Waals surface area contributed by atoms with Crippen LogP contribution in [0.5, 0.6) is 0 Å². The fourth-order valence-electron chi connectivity index (χ4n) is 4.17. The van der Waals surface area contributed by atoms with E-state index in [1.807, 2.05) is 12.1 Å². The van der Waals surface area contributed by atoms with Gasteiger partial charge in [-0.2, -0.15) is 0 Å². The van der Waals surface area contributed by atoms with Crippen LogP contribution < -0.4 is 0 Å². The van der Waals surface area contributed by atoms with Gasteiger partial charge in [0.25, 0.3) is 0 Å². The van der Waals surface area contributed by atoms with Crippen molar-refractivity contribution in [3.63, 3.8) is 0 Å². The van der Waals surface area contributed by atoms with Crippen molar-refractivity contribution in [2.45, 2.75) is 39.7 Å². The van der Waals surface area contributed by atoms with Crippen LogP contribution >= 0.6 is 0 Å². The molecule has 0 saturated heterocycles. The average molecular weight is 395 g/mol. The van der Waals surface area contributed by atoms with Crippen LogP contribution in [-0.4, -0.2) is 9.55 Å². The van der Waals surface area contributed by atoms with Crippen LogP contribution in [0.1, 0.15) is 44.7 Å². The normalized spacial score (nSPS) is 12.7. The molecule has 3 heteroatoms.